The third-order valence-electron chi connectivity index (χ3n) is 2.42. The molecule has 2 saturated heterocycles. The van der Waals surface area contributed by atoms with Crippen molar-refractivity contribution in [1.29, 1.82) is 0 Å². The molecule has 0 aromatic heterocycles. The number of carboxylic acids is 1. The van der Waals surface area contributed by atoms with Crippen molar-refractivity contribution in [3.05, 3.63) is 0 Å². The zero-order valence-corrected chi connectivity index (χ0v) is 7.66. The summed E-state index contributed by atoms with van der Waals surface area (Å²) in [6, 6.07) is -1.15. The molecule has 3 N–H and O–H groups in total. The molecule has 0 aliphatic carbocycles. The Balaban J connectivity index is 2.16. The number of fused-ring (bicyclic) bond motifs is 1. The average molecular weight is 202 g/mol. The van der Waals surface area contributed by atoms with Crippen LogP contribution >= 0.6 is 11.8 Å². The Morgan fingerprint density at radius 2 is 2.38 bits per heavy atom. The average Bonchev–Trinajstić information content (AvgIpc) is 2.15. The molecule has 0 radical (unpaired) electrons. The fourth-order valence-electron chi connectivity index (χ4n) is 1.71. The van der Waals surface area contributed by atoms with Gasteiger partial charge in [0.05, 0.1) is 0 Å². The monoisotopic (exact) mass is 202 g/mol. The van der Waals surface area contributed by atoms with Gasteiger partial charge in [-0.05, 0) is 12.2 Å². The van der Waals surface area contributed by atoms with Crippen molar-refractivity contribution in [2.45, 2.75) is 23.9 Å². The van der Waals surface area contributed by atoms with E-state index in [0.717, 1.165) is 5.75 Å². The molecule has 2 heterocycles. The molecule has 2 aliphatic rings. The van der Waals surface area contributed by atoms with E-state index in [4.69, 9.17) is 10.8 Å². The third-order valence-corrected chi connectivity index (χ3v) is 3.76. The summed E-state index contributed by atoms with van der Waals surface area (Å²) < 4.78 is 0. The van der Waals surface area contributed by atoms with Crippen LogP contribution in [0, 0.1) is 0 Å². The number of thioether (sulfide) groups is 1. The van der Waals surface area contributed by atoms with Gasteiger partial charge in [-0.2, -0.15) is 0 Å². The van der Waals surface area contributed by atoms with Gasteiger partial charge >= 0.3 is 5.97 Å². The van der Waals surface area contributed by atoms with Gasteiger partial charge < -0.3 is 15.7 Å². The molecule has 0 aromatic carbocycles. The van der Waals surface area contributed by atoms with Gasteiger partial charge in [-0.1, -0.05) is 0 Å². The SMILES string of the molecule is N[C@@H]1C(=O)N2C(C(=O)O)CCS[C@H]12. The molecule has 5 nitrogen and oxygen atoms in total. The van der Waals surface area contributed by atoms with Crippen LogP contribution in [0.25, 0.3) is 0 Å². The number of β-lactam (4-membered cyclic amide) rings is 1. The molecule has 72 valence electrons. The van der Waals surface area contributed by atoms with Crippen molar-refractivity contribution in [1.82, 2.24) is 4.90 Å². The van der Waals surface area contributed by atoms with Crippen molar-refractivity contribution in [3.8, 4) is 0 Å². The minimum absolute atomic E-state index is 0.109. The Hall–Kier alpha value is -0.750. The van der Waals surface area contributed by atoms with E-state index < -0.39 is 18.1 Å². The van der Waals surface area contributed by atoms with Crippen LogP contribution in [0.1, 0.15) is 6.42 Å². The van der Waals surface area contributed by atoms with Crippen LogP contribution in [-0.4, -0.2) is 45.1 Å². The lowest BCUT2D eigenvalue weighted by molar-refractivity contribution is -0.160. The minimum Gasteiger partial charge on any atom is -0.480 e. The van der Waals surface area contributed by atoms with Crippen molar-refractivity contribution < 1.29 is 14.7 Å². The first-order chi connectivity index (χ1) is 6.13. The van der Waals surface area contributed by atoms with E-state index in [1.54, 1.807) is 11.8 Å². The Morgan fingerprint density at radius 3 is 3.00 bits per heavy atom. The first kappa shape index (κ1) is 8.83. The van der Waals surface area contributed by atoms with Gasteiger partial charge in [0.25, 0.3) is 0 Å². The van der Waals surface area contributed by atoms with Gasteiger partial charge in [-0.25, -0.2) is 4.79 Å². The molecule has 0 saturated carbocycles. The smallest absolute Gasteiger partial charge is 0.326 e. The highest BCUT2D eigenvalue weighted by Crippen LogP contribution is 2.36. The first-order valence-corrected chi connectivity index (χ1v) is 5.10. The van der Waals surface area contributed by atoms with E-state index in [2.05, 4.69) is 0 Å². The topological polar surface area (TPSA) is 83.6 Å². The van der Waals surface area contributed by atoms with Crippen LogP contribution in [0.15, 0.2) is 0 Å². The minimum atomic E-state index is -0.925. The maximum Gasteiger partial charge on any atom is 0.326 e. The van der Waals surface area contributed by atoms with Gasteiger partial charge in [0.15, 0.2) is 0 Å². The molecule has 1 amide bonds. The molecular weight excluding hydrogens is 192 g/mol. The van der Waals surface area contributed by atoms with Gasteiger partial charge in [0, 0.05) is 0 Å². The number of nitrogens with zero attached hydrogens (tertiary/aromatic N) is 1. The number of hydrogen-bond acceptors (Lipinski definition) is 4. The second kappa shape index (κ2) is 2.88. The van der Waals surface area contributed by atoms with Gasteiger partial charge in [0.2, 0.25) is 5.91 Å². The van der Waals surface area contributed by atoms with Crippen LogP contribution in [0.5, 0.6) is 0 Å². The summed E-state index contributed by atoms with van der Waals surface area (Å²) >= 11 is 1.56. The van der Waals surface area contributed by atoms with Crippen LogP contribution in [0.3, 0.4) is 0 Å². The lowest BCUT2D eigenvalue weighted by Gasteiger charge is -2.50. The number of aliphatic carboxylic acids is 1. The third kappa shape index (κ3) is 1.13. The molecule has 0 aromatic rings. The highest BCUT2D eigenvalue weighted by atomic mass is 32.2. The number of carbonyl (C=O) groups is 2. The summed E-state index contributed by atoms with van der Waals surface area (Å²) in [4.78, 5) is 23.4. The molecule has 13 heavy (non-hydrogen) atoms. The number of nitrogens with two attached hydrogens (primary N) is 1. The van der Waals surface area contributed by atoms with Crippen molar-refractivity contribution in [3.63, 3.8) is 0 Å². The Labute approximate surface area is 79.3 Å². The predicted octanol–water partition coefficient (Wildman–Crippen LogP) is -0.928. The Morgan fingerprint density at radius 1 is 1.69 bits per heavy atom. The summed E-state index contributed by atoms with van der Waals surface area (Å²) in [6.07, 6.45) is 0.523. The zero-order chi connectivity index (χ0) is 9.59. The van der Waals surface area contributed by atoms with Gasteiger partial charge in [-0.3, -0.25) is 4.79 Å². The molecular formula is C7H10N2O3S. The Bertz CT molecular complexity index is 270. The standard InChI is InChI=1S/C7H10N2O3S/c8-4-5(10)9-3(7(11)12)1-2-13-6(4)9/h3-4,6H,1-2,8H2,(H,11,12)/t3?,4-,6-/m1/s1. The molecule has 3 atom stereocenters. The number of amides is 1. The zero-order valence-electron chi connectivity index (χ0n) is 6.84. The number of carboxylic acid groups (broad SMARTS) is 1. The van der Waals surface area contributed by atoms with E-state index >= 15 is 0 Å². The van der Waals surface area contributed by atoms with Crippen LogP contribution in [-0.2, 0) is 9.59 Å². The molecule has 2 aliphatic heterocycles. The summed E-state index contributed by atoms with van der Waals surface area (Å²) in [7, 11) is 0. The van der Waals surface area contributed by atoms with Crippen LogP contribution < -0.4 is 5.73 Å². The van der Waals surface area contributed by atoms with Gasteiger partial charge in [-0.15, -0.1) is 11.8 Å². The van der Waals surface area contributed by atoms with Crippen molar-refractivity contribution in [2.75, 3.05) is 5.75 Å². The van der Waals surface area contributed by atoms with E-state index in [1.165, 1.54) is 4.90 Å². The molecule has 2 fully saturated rings. The van der Waals surface area contributed by atoms with E-state index in [9.17, 15) is 9.59 Å². The maximum atomic E-state index is 11.2. The van der Waals surface area contributed by atoms with Crippen molar-refractivity contribution >= 4 is 23.6 Å². The summed E-state index contributed by atoms with van der Waals surface area (Å²) in [5, 5.41) is 8.71. The van der Waals surface area contributed by atoms with E-state index in [-0.39, 0.29) is 11.3 Å². The fraction of sp³-hybridized carbons (Fsp3) is 0.714. The quantitative estimate of drug-likeness (QED) is 0.537. The van der Waals surface area contributed by atoms with E-state index in [0.29, 0.717) is 6.42 Å². The van der Waals surface area contributed by atoms with Crippen LogP contribution in [0.2, 0.25) is 0 Å². The summed E-state index contributed by atoms with van der Waals surface area (Å²) in [5.74, 6) is -0.394. The lowest BCUT2D eigenvalue weighted by Crippen LogP contribution is -2.72. The second-order valence-corrected chi connectivity index (χ2v) is 4.40. The summed E-state index contributed by atoms with van der Waals surface area (Å²) in [6.45, 7) is 0. The predicted molar refractivity (Wildman–Crippen MR) is 47.1 cm³/mol. The molecule has 0 spiro atoms. The fourth-order valence-corrected chi connectivity index (χ4v) is 3.04. The highest BCUT2D eigenvalue weighted by Gasteiger charge is 2.52. The number of hydrogen-bond donors (Lipinski definition) is 2. The normalized spacial score (nSPS) is 38.1. The Kier molecular flexibility index (Phi) is 1.96. The molecule has 1 unspecified atom stereocenters. The molecule has 2 rings (SSSR count). The van der Waals surface area contributed by atoms with Gasteiger partial charge in [0.1, 0.15) is 17.5 Å². The van der Waals surface area contributed by atoms with Crippen molar-refractivity contribution in [2.24, 2.45) is 5.73 Å². The number of carbonyl (C=O) groups excluding carboxylic acids is 1. The highest BCUT2D eigenvalue weighted by molar-refractivity contribution is 8.00. The largest absolute Gasteiger partial charge is 0.480 e. The first-order valence-electron chi connectivity index (χ1n) is 4.05. The van der Waals surface area contributed by atoms with Crippen LogP contribution in [0.4, 0.5) is 0 Å². The molecule has 0 bridgehead atoms. The maximum absolute atomic E-state index is 11.2. The summed E-state index contributed by atoms with van der Waals surface area (Å²) in [5.41, 5.74) is 5.53. The second-order valence-electron chi connectivity index (χ2n) is 3.18. The lowest BCUT2D eigenvalue weighted by atomic mass is 10.0. The number of rotatable bonds is 1. The van der Waals surface area contributed by atoms with E-state index in [1.807, 2.05) is 0 Å². The molecule has 6 heteroatoms.